The summed E-state index contributed by atoms with van der Waals surface area (Å²) in [6, 6.07) is 7.94. The quantitative estimate of drug-likeness (QED) is 0.546. The summed E-state index contributed by atoms with van der Waals surface area (Å²) >= 11 is 1.63. The summed E-state index contributed by atoms with van der Waals surface area (Å²) in [4.78, 5) is 29.3. The molecule has 0 radical (unpaired) electrons. The van der Waals surface area contributed by atoms with Crippen LogP contribution in [0.4, 0.5) is 0 Å². The van der Waals surface area contributed by atoms with Gasteiger partial charge >= 0.3 is 0 Å². The van der Waals surface area contributed by atoms with Crippen LogP contribution >= 0.6 is 11.3 Å². The molecular weight excluding hydrogens is 390 g/mol. The number of thiazole rings is 1. The zero-order valence-electron chi connectivity index (χ0n) is 16.2. The van der Waals surface area contributed by atoms with Gasteiger partial charge in [-0.1, -0.05) is 12.1 Å². The number of aryl methyl sites for hydroxylation is 1. The van der Waals surface area contributed by atoms with E-state index in [0.717, 1.165) is 20.9 Å². The van der Waals surface area contributed by atoms with E-state index >= 15 is 0 Å². The predicted molar refractivity (Wildman–Crippen MR) is 110 cm³/mol. The first kappa shape index (κ1) is 19.5. The summed E-state index contributed by atoms with van der Waals surface area (Å²) in [6.45, 7) is 1.49. The highest BCUT2D eigenvalue weighted by molar-refractivity contribution is 7.18. The van der Waals surface area contributed by atoms with Crippen molar-refractivity contribution < 1.29 is 14.3 Å². The molecule has 2 aromatic heterocycles. The number of ether oxygens (including phenoxy) is 1. The number of para-hydroxylation sites is 1. The van der Waals surface area contributed by atoms with Crippen molar-refractivity contribution in [2.24, 2.45) is 0 Å². The smallest absolute Gasteiger partial charge is 0.254 e. The Morgan fingerprint density at radius 2 is 2.21 bits per heavy atom. The lowest BCUT2D eigenvalue weighted by Crippen LogP contribution is -2.36. The second kappa shape index (κ2) is 8.71. The second-order valence-electron chi connectivity index (χ2n) is 6.98. The number of hydrogen-bond acceptors (Lipinski definition) is 6. The van der Waals surface area contributed by atoms with Gasteiger partial charge in [0, 0.05) is 32.9 Å². The van der Waals surface area contributed by atoms with Crippen molar-refractivity contribution in [2.45, 2.75) is 31.8 Å². The average molecular weight is 414 g/mol. The van der Waals surface area contributed by atoms with Crippen LogP contribution in [-0.4, -0.2) is 52.9 Å². The Kier molecular flexibility index (Phi) is 5.86. The van der Waals surface area contributed by atoms with E-state index in [4.69, 9.17) is 4.74 Å². The van der Waals surface area contributed by atoms with Crippen LogP contribution in [0.3, 0.4) is 0 Å². The first-order valence-electron chi connectivity index (χ1n) is 9.59. The molecule has 1 aliphatic rings. The van der Waals surface area contributed by atoms with Crippen molar-refractivity contribution in [2.75, 3.05) is 20.3 Å². The topological polar surface area (TPSA) is 98.1 Å². The van der Waals surface area contributed by atoms with Crippen LogP contribution < -0.4 is 10.6 Å². The van der Waals surface area contributed by atoms with E-state index in [-0.39, 0.29) is 17.9 Å². The molecule has 0 aliphatic carbocycles. The molecular formula is C20H23N5O3S. The largest absolute Gasteiger partial charge is 0.383 e. The molecule has 1 aliphatic heterocycles. The fourth-order valence-corrected chi connectivity index (χ4v) is 4.45. The van der Waals surface area contributed by atoms with Gasteiger partial charge < -0.3 is 15.4 Å². The lowest BCUT2D eigenvalue weighted by molar-refractivity contribution is -0.121. The molecule has 8 nitrogen and oxygen atoms in total. The molecule has 1 aromatic carbocycles. The van der Waals surface area contributed by atoms with E-state index in [1.165, 1.54) is 0 Å². The van der Waals surface area contributed by atoms with Crippen molar-refractivity contribution in [1.29, 1.82) is 0 Å². The van der Waals surface area contributed by atoms with Crippen molar-refractivity contribution in [1.82, 2.24) is 25.4 Å². The minimum absolute atomic E-state index is 0.00824. The number of amides is 2. The standard InChI is InChI=1S/C20H23N5O3S/c1-28-9-8-21-20(27)14-11-22-25-12-13(10-16(14)25)23-18(26)6-7-19-24-15-4-2-3-5-17(15)29-19/h2-5,11,13H,6-10,12H2,1H3,(H,21,27)(H,23,26)/t13-/m0/s1. The van der Waals surface area contributed by atoms with E-state index < -0.39 is 0 Å². The van der Waals surface area contributed by atoms with Crippen LogP contribution in [0.1, 0.15) is 27.5 Å². The summed E-state index contributed by atoms with van der Waals surface area (Å²) in [7, 11) is 1.59. The van der Waals surface area contributed by atoms with Gasteiger partial charge in [0.1, 0.15) is 0 Å². The Morgan fingerprint density at radius 1 is 1.34 bits per heavy atom. The van der Waals surface area contributed by atoms with Crippen molar-refractivity contribution in [3.63, 3.8) is 0 Å². The molecule has 1 atom stereocenters. The van der Waals surface area contributed by atoms with Crippen LogP contribution in [-0.2, 0) is 28.9 Å². The third-order valence-electron chi connectivity index (χ3n) is 4.89. The molecule has 3 heterocycles. The molecule has 0 unspecified atom stereocenters. The van der Waals surface area contributed by atoms with Gasteiger partial charge in [-0.3, -0.25) is 14.3 Å². The maximum Gasteiger partial charge on any atom is 0.254 e. The monoisotopic (exact) mass is 413 g/mol. The number of carbonyl (C=O) groups excluding carboxylic acids is 2. The van der Waals surface area contributed by atoms with Crippen LogP contribution in [0.5, 0.6) is 0 Å². The van der Waals surface area contributed by atoms with E-state index in [0.29, 0.717) is 44.5 Å². The van der Waals surface area contributed by atoms with Crippen molar-refractivity contribution in [3.05, 3.63) is 46.7 Å². The highest BCUT2D eigenvalue weighted by Gasteiger charge is 2.28. The Balaban J connectivity index is 1.28. The van der Waals surface area contributed by atoms with Gasteiger partial charge in [-0.05, 0) is 12.1 Å². The third kappa shape index (κ3) is 4.46. The number of hydrogen-bond donors (Lipinski definition) is 2. The molecule has 152 valence electrons. The normalized spacial score (nSPS) is 15.4. The van der Waals surface area contributed by atoms with E-state index in [2.05, 4.69) is 20.7 Å². The summed E-state index contributed by atoms with van der Waals surface area (Å²) in [5.74, 6) is -0.169. The number of benzene rings is 1. The molecule has 0 saturated carbocycles. The minimum Gasteiger partial charge on any atom is -0.383 e. The molecule has 0 spiro atoms. The molecule has 9 heteroatoms. The van der Waals surface area contributed by atoms with Crippen LogP contribution in [0, 0.1) is 0 Å². The van der Waals surface area contributed by atoms with E-state index in [1.807, 2.05) is 24.3 Å². The first-order valence-corrected chi connectivity index (χ1v) is 10.4. The maximum atomic E-state index is 12.4. The molecule has 2 N–H and O–H groups in total. The van der Waals surface area contributed by atoms with Crippen molar-refractivity contribution >= 4 is 33.4 Å². The van der Waals surface area contributed by atoms with Crippen LogP contribution in [0.15, 0.2) is 30.5 Å². The Hall–Kier alpha value is -2.78. The number of rotatable bonds is 8. The minimum atomic E-state index is -0.161. The highest BCUT2D eigenvalue weighted by Crippen LogP contribution is 2.23. The molecule has 3 aromatic rings. The molecule has 4 rings (SSSR count). The van der Waals surface area contributed by atoms with Gasteiger partial charge in [0.2, 0.25) is 5.91 Å². The summed E-state index contributed by atoms with van der Waals surface area (Å²) < 4.78 is 7.88. The molecule has 0 bridgehead atoms. The fourth-order valence-electron chi connectivity index (χ4n) is 3.49. The maximum absolute atomic E-state index is 12.4. The Labute approximate surface area is 172 Å². The van der Waals surface area contributed by atoms with Gasteiger partial charge in [0.05, 0.1) is 51.9 Å². The molecule has 0 fully saturated rings. The van der Waals surface area contributed by atoms with Crippen LogP contribution in [0.25, 0.3) is 10.2 Å². The summed E-state index contributed by atoms with van der Waals surface area (Å²) in [5.41, 5.74) is 2.40. The van der Waals surface area contributed by atoms with Crippen molar-refractivity contribution in [3.8, 4) is 0 Å². The Morgan fingerprint density at radius 3 is 3.03 bits per heavy atom. The van der Waals surface area contributed by atoms with E-state index in [1.54, 1.807) is 29.3 Å². The molecule has 0 saturated heterocycles. The van der Waals surface area contributed by atoms with Crippen LogP contribution in [0.2, 0.25) is 0 Å². The third-order valence-corrected chi connectivity index (χ3v) is 5.98. The Bertz CT molecular complexity index is 995. The zero-order chi connectivity index (χ0) is 20.2. The number of carbonyl (C=O) groups is 2. The van der Waals surface area contributed by atoms with Gasteiger partial charge in [-0.15, -0.1) is 11.3 Å². The van der Waals surface area contributed by atoms with Gasteiger partial charge in [-0.2, -0.15) is 5.10 Å². The number of nitrogens with one attached hydrogen (secondary N) is 2. The summed E-state index contributed by atoms with van der Waals surface area (Å²) in [6.07, 6.45) is 3.20. The number of fused-ring (bicyclic) bond motifs is 2. The SMILES string of the molecule is COCCNC(=O)c1cnn2c1C[C@H](NC(=O)CCc1nc3ccccc3s1)C2. The number of nitrogens with zero attached hydrogens (tertiary/aromatic N) is 3. The molecule has 2 amide bonds. The first-order chi connectivity index (χ1) is 14.1. The second-order valence-corrected chi connectivity index (χ2v) is 8.09. The zero-order valence-corrected chi connectivity index (χ0v) is 17.0. The lowest BCUT2D eigenvalue weighted by Gasteiger charge is -2.11. The number of aromatic nitrogens is 3. The summed E-state index contributed by atoms with van der Waals surface area (Å²) in [5, 5.41) is 11.1. The predicted octanol–water partition coefficient (Wildman–Crippen LogP) is 1.54. The number of methoxy groups -OCH3 is 1. The van der Waals surface area contributed by atoms with Gasteiger partial charge in [-0.25, -0.2) is 4.98 Å². The lowest BCUT2D eigenvalue weighted by atomic mass is 10.1. The fraction of sp³-hybridized carbons (Fsp3) is 0.400. The van der Waals surface area contributed by atoms with Gasteiger partial charge in [0.25, 0.3) is 5.91 Å². The molecule has 29 heavy (non-hydrogen) atoms. The van der Waals surface area contributed by atoms with Gasteiger partial charge in [0.15, 0.2) is 0 Å². The average Bonchev–Trinajstić information content (AvgIpc) is 3.39. The van der Waals surface area contributed by atoms with E-state index in [9.17, 15) is 9.59 Å². The highest BCUT2D eigenvalue weighted by atomic mass is 32.1.